The quantitative estimate of drug-likeness (QED) is 0.772. The maximum atomic E-state index is 9.94. The standard InChI is InChI=1S/C11H14O2S/c1-7-6-14-10-5-8(13-2)3-4-9(10)11(7)12/h3-5,7,11-12H,6H2,1-2H3. The van der Waals surface area contributed by atoms with Crippen LogP contribution in [0.2, 0.25) is 0 Å². The fourth-order valence-electron chi connectivity index (χ4n) is 1.63. The summed E-state index contributed by atoms with van der Waals surface area (Å²) in [5.41, 5.74) is 1.04. The van der Waals surface area contributed by atoms with Crippen LogP contribution in [-0.2, 0) is 0 Å². The third-order valence-electron chi connectivity index (χ3n) is 2.58. The van der Waals surface area contributed by atoms with Gasteiger partial charge in [-0.2, -0.15) is 0 Å². The smallest absolute Gasteiger partial charge is 0.119 e. The molecule has 1 aliphatic rings. The number of thioether (sulfide) groups is 1. The second kappa shape index (κ2) is 3.83. The molecule has 0 bridgehead atoms. The van der Waals surface area contributed by atoms with Crippen LogP contribution >= 0.6 is 11.8 Å². The fraction of sp³-hybridized carbons (Fsp3) is 0.455. The number of hydrogen-bond acceptors (Lipinski definition) is 3. The molecule has 3 heteroatoms. The minimum atomic E-state index is -0.322. The number of rotatable bonds is 1. The molecule has 0 aliphatic carbocycles. The highest BCUT2D eigenvalue weighted by atomic mass is 32.2. The molecule has 2 nitrogen and oxygen atoms in total. The normalized spacial score (nSPS) is 25.6. The highest BCUT2D eigenvalue weighted by Crippen LogP contribution is 2.40. The van der Waals surface area contributed by atoms with E-state index in [4.69, 9.17) is 4.74 Å². The van der Waals surface area contributed by atoms with Crippen LogP contribution in [-0.4, -0.2) is 18.0 Å². The van der Waals surface area contributed by atoms with Crippen LogP contribution in [0.1, 0.15) is 18.6 Å². The number of fused-ring (bicyclic) bond motifs is 1. The first-order chi connectivity index (χ1) is 6.72. The van der Waals surface area contributed by atoms with Gasteiger partial charge in [-0.1, -0.05) is 13.0 Å². The van der Waals surface area contributed by atoms with Gasteiger partial charge in [0.25, 0.3) is 0 Å². The summed E-state index contributed by atoms with van der Waals surface area (Å²) in [5.74, 6) is 2.17. The average Bonchev–Trinajstić information content (AvgIpc) is 2.23. The Bertz CT molecular complexity index is 338. The predicted molar refractivity (Wildman–Crippen MR) is 57.8 cm³/mol. The zero-order valence-corrected chi connectivity index (χ0v) is 9.17. The molecule has 0 saturated carbocycles. The molecule has 1 aromatic carbocycles. The van der Waals surface area contributed by atoms with Crippen molar-refractivity contribution in [2.45, 2.75) is 17.9 Å². The van der Waals surface area contributed by atoms with Crippen molar-refractivity contribution in [2.75, 3.05) is 12.9 Å². The van der Waals surface area contributed by atoms with Crippen molar-refractivity contribution in [1.82, 2.24) is 0 Å². The zero-order chi connectivity index (χ0) is 10.1. The first-order valence-electron chi connectivity index (χ1n) is 4.71. The van der Waals surface area contributed by atoms with Crippen LogP contribution in [0.15, 0.2) is 23.1 Å². The average molecular weight is 210 g/mol. The number of methoxy groups -OCH3 is 1. The summed E-state index contributed by atoms with van der Waals surface area (Å²) >= 11 is 1.79. The first-order valence-corrected chi connectivity index (χ1v) is 5.69. The van der Waals surface area contributed by atoms with Crippen molar-refractivity contribution in [3.8, 4) is 5.75 Å². The summed E-state index contributed by atoms with van der Waals surface area (Å²) in [6.45, 7) is 2.07. The lowest BCUT2D eigenvalue weighted by Crippen LogP contribution is -2.16. The van der Waals surface area contributed by atoms with Crippen molar-refractivity contribution >= 4 is 11.8 Å². The molecule has 2 rings (SSSR count). The van der Waals surface area contributed by atoms with Gasteiger partial charge in [0.15, 0.2) is 0 Å². The van der Waals surface area contributed by atoms with E-state index in [0.29, 0.717) is 5.92 Å². The number of aliphatic hydroxyl groups is 1. The maximum Gasteiger partial charge on any atom is 0.119 e. The molecule has 14 heavy (non-hydrogen) atoms. The summed E-state index contributed by atoms with van der Waals surface area (Å²) in [5, 5.41) is 9.94. The Kier molecular flexibility index (Phi) is 2.70. The fourth-order valence-corrected chi connectivity index (χ4v) is 2.81. The summed E-state index contributed by atoms with van der Waals surface area (Å²) in [6, 6.07) is 5.86. The van der Waals surface area contributed by atoms with E-state index in [-0.39, 0.29) is 6.10 Å². The molecule has 1 N–H and O–H groups in total. The lowest BCUT2D eigenvalue weighted by atomic mass is 9.98. The molecule has 76 valence electrons. The third kappa shape index (κ3) is 1.62. The second-order valence-corrected chi connectivity index (χ2v) is 4.70. The van der Waals surface area contributed by atoms with Crippen molar-refractivity contribution < 1.29 is 9.84 Å². The Morgan fingerprint density at radius 1 is 1.50 bits per heavy atom. The van der Waals surface area contributed by atoms with Gasteiger partial charge in [0.1, 0.15) is 5.75 Å². The van der Waals surface area contributed by atoms with E-state index >= 15 is 0 Å². The highest BCUT2D eigenvalue weighted by molar-refractivity contribution is 7.99. The second-order valence-electron chi connectivity index (χ2n) is 3.64. The largest absolute Gasteiger partial charge is 0.497 e. The van der Waals surface area contributed by atoms with E-state index < -0.39 is 0 Å². The summed E-state index contributed by atoms with van der Waals surface area (Å²) < 4.78 is 5.15. The van der Waals surface area contributed by atoms with Gasteiger partial charge in [0, 0.05) is 10.6 Å². The minimum absolute atomic E-state index is 0.322. The molecular weight excluding hydrogens is 196 g/mol. The van der Waals surface area contributed by atoms with Gasteiger partial charge in [-0.15, -0.1) is 11.8 Å². The first kappa shape index (κ1) is 9.87. The molecule has 0 aromatic heterocycles. The van der Waals surface area contributed by atoms with Gasteiger partial charge in [-0.3, -0.25) is 0 Å². The Labute approximate surface area is 88.3 Å². The van der Waals surface area contributed by atoms with Gasteiger partial charge in [-0.25, -0.2) is 0 Å². The van der Waals surface area contributed by atoms with Gasteiger partial charge < -0.3 is 9.84 Å². The monoisotopic (exact) mass is 210 g/mol. The Morgan fingerprint density at radius 3 is 3.00 bits per heavy atom. The Balaban J connectivity index is 2.38. The van der Waals surface area contributed by atoms with Crippen LogP contribution in [0.3, 0.4) is 0 Å². The molecule has 0 radical (unpaired) electrons. The Hall–Kier alpha value is -0.670. The molecule has 0 amide bonds. The van der Waals surface area contributed by atoms with Crippen molar-refractivity contribution in [2.24, 2.45) is 5.92 Å². The van der Waals surface area contributed by atoms with E-state index in [1.165, 1.54) is 0 Å². The molecule has 2 unspecified atom stereocenters. The Morgan fingerprint density at radius 2 is 2.29 bits per heavy atom. The molecular formula is C11H14O2S. The van der Waals surface area contributed by atoms with Gasteiger partial charge in [-0.05, 0) is 23.6 Å². The number of hydrogen-bond donors (Lipinski definition) is 1. The molecule has 2 atom stereocenters. The van der Waals surface area contributed by atoms with Crippen LogP contribution < -0.4 is 4.74 Å². The summed E-state index contributed by atoms with van der Waals surface area (Å²) in [6.07, 6.45) is -0.322. The van der Waals surface area contributed by atoms with E-state index in [1.807, 2.05) is 18.2 Å². The number of benzene rings is 1. The summed E-state index contributed by atoms with van der Waals surface area (Å²) in [7, 11) is 1.66. The topological polar surface area (TPSA) is 29.5 Å². The SMILES string of the molecule is COc1ccc2c(c1)SCC(C)C2O. The number of ether oxygens (including phenoxy) is 1. The van der Waals surface area contributed by atoms with Crippen LogP contribution in [0, 0.1) is 5.92 Å². The molecule has 1 heterocycles. The highest BCUT2D eigenvalue weighted by Gasteiger charge is 2.25. The molecule has 1 aliphatic heterocycles. The van der Waals surface area contributed by atoms with Crippen LogP contribution in [0.25, 0.3) is 0 Å². The molecule has 0 saturated heterocycles. The van der Waals surface area contributed by atoms with E-state index in [9.17, 15) is 5.11 Å². The van der Waals surface area contributed by atoms with Gasteiger partial charge in [0.05, 0.1) is 13.2 Å². The minimum Gasteiger partial charge on any atom is -0.497 e. The van der Waals surface area contributed by atoms with E-state index in [1.54, 1.807) is 18.9 Å². The van der Waals surface area contributed by atoms with Gasteiger partial charge in [0.2, 0.25) is 0 Å². The lowest BCUT2D eigenvalue weighted by Gasteiger charge is -2.26. The van der Waals surface area contributed by atoms with Crippen molar-refractivity contribution in [3.63, 3.8) is 0 Å². The zero-order valence-electron chi connectivity index (χ0n) is 8.36. The van der Waals surface area contributed by atoms with Crippen LogP contribution in [0.4, 0.5) is 0 Å². The lowest BCUT2D eigenvalue weighted by molar-refractivity contribution is 0.124. The molecule has 1 aromatic rings. The summed E-state index contributed by atoms with van der Waals surface area (Å²) in [4.78, 5) is 1.15. The van der Waals surface area contributed by atoms with Crippen LogP contribution in [0.5, 0.6) is 5.75 Å². The maximum absolute atomic E-state index is 9.94. The van der Waals surface area contributed by atoms with Crippen molar-refractivity contribution in [3.05, 3.63) is 23.8 Å². The van der Waals surface area contributed by atoms with Crippen molar-refractivity contribution in [1.29, 1.82) is 0 Å². The third-order valence-corrected chi connectivity index (χ3v) is 3.94. The molecule has 0 fully saturated rings. The van der Waals surface area contributed by atoms with E-state index in [0.717, 1.165) is 22.0 Å². The van der Waals surface area contributed by atoms with Gasteiger partial charge >= 0.3 is 0 Å². The number of aliphatic hydroxyl groups excluding tert-OH is 1. The predicted octanol–water partition coefficient (Wildman–Crippen LogP) is 2.47. The van der Waals surface area contributed by atoms with E-state index in [2.05, 4.69) is 6.92 Å². The molecule has 0 spiro atoms.